The van der Waals surface area contributed by atoms with Crippen LogP contribution in [0, 0.1) is 0 Å². The SMILES string of the molecule is CCC(C)(O)OS(=O)(=O)O.CN(C)C.N. The van der Waals surface area contributed by atoms with Crippen LogP contribution in [0.5, 0.6) is 0 Å². The molecule has 0 spiro atoms. The van der Waals surface area contributed by atoms with Gasteiger partial charge in [0.2, 0.25) is 0 Å². The maximum absolute atomic E-state index is 9.98. The third-order valence-corrected chi connectivity index (χ3v) is 1.51. The Morgan fingerprint density at radius 1 is 1.33 bits per heavy atom. The van der Waals surface area contributed by atoms with Crippen molar-refractivity contribution in [2.45, 2.75) is 26.1 Å². The van der Waals surface area contributed by atoms with Crippen molar-refractivity contribution in [1.82, 2.24) is 11.1 Å². The zero-order chi connectivity index (χ0) is 12.0. The molecule has 0 saturated heterocycles. The molecule has 0 saturated carbocycles. The van der Waals surface area contributed by atoms with Crippen LogP contribution in [0.25, 0.3) is 0 Å². The molecular formula is C7H22N2O5S. The quantitative estimate of drug-likeness (QED) is 0.482. The van der Waals surface area contributed by atoms with Gasteiger partial charge < -0.3 is 16.2 Å². The number of hydrogen-bond donors (Lipinski definition) is 3. The Labute approximate surface area is 91.6 Å². The van der Waals surface area contributed by atoms with Crippen LogP contribution >= 0.6 is 0 Å². The monoisotopic (exact) mass is 246 g/mol. The molecule has 5 N–H and O–H groups in total. The Hall–Kier alpha value is -0.250. The first-order valence-corrected chi connectivity index (χ1v) is 5.38. The van der Waals surface area contributed by atoms with Crippen molar-refractivity contribution in [2.75, 3.05) is 21.1 Å². The summed E-state index contributed by atoms with van der Waals surface area (Å²) in [6.07, 6.45) is 0.0762. The van der Waals surface area contributed by atoms with E-state index < -0.39 is 16.2 Å². The van der Waals surface area contributed by atoms with Crippen LogP contribution in [0.3, 0.4) is 0 Å². The van der Waals surface area contributed by atoms with Crippen molar-refractivity contribution in [2.24, 2.45) is 0 Å². The molecule has 7 nitrogen and oxygen atoms in total. The van der Waals surface area contributed by atoms with E-state index in [-0.39, 0.29) is 12.6 Å². The van der Waals surface area contributed by atoms with E-state index in [1.165, 1.54) is 6.92 Å². The highest BCUT2D eigenvalue weighted by Crippen LogP contribution is 2.12. The van der Waals surface area contributed by atoms with Crippen molar-refractivity contribution in [3.8, 4) is 0 Å². The molecule has 96 valence electrons. The van der Waals surface area contributed by atoms with Crippen LogP contribution in [0.2, 0.25) is 0 Å². The van der Waals surface area contributed by atoms with E-state index >= 15 is 0 Å². The summed E-state index contributed by atoms with van der Waals surface area (Å²) in [6, 6.07) is 0. The highest BCUT2D eigenvalue weighted by atomic mass is 32.3. The molecule has 1 unspecified atom stereocenters. The fraction of sp³-hybridized carbons (Fsp3) is 1.00. The van der Waals surface area contributed by atoms with E-state index in [9.17, 15) is 8.42 Å². The Balaban J connectivity index is -0.000000249. The summed E-state index contributed by atoms with van der Waals surface area (Å²) in [4.78, 5) is 2.00. The van der Waals surface area contributed by atoms with E-state index in [1.807, 2.05) is 26.0 Å². The van der Waals surface area contributed by atoms with Gasteiger partial charge in [-0.3, -0.25) is 4.55 Å². The highest BCUT2D eigenvalue weighted by Gasteiger charge is 2.24. The van der Waals surface area contributed by atoms with Crippen molar-refractivity contribution >= 4 is 10.4 Å². The topological polar surface area (TPSA) is 122 Å². The second kappa shape index (κ2) is 7.97. The third-order valence-electron chi connectivity index (χ3n) is 0.941. The minimum absolute atomic E-state index is 0. The largest absolute Gasteiger partial charge is 0.400 e. The lowest BCUT2D eigenvalue weighted by molar-refractivity contribution is -0.124. The van der Waals surface area contributed by atoms with Gasteiger partial charge in [0.1, 0.15) is 0 Å². The highest BCUT2D eigenvalue weighted by molar-refractivity contribution is 7.80. The maximum Gasteiger partial charge on any atom is 0.400 e. The lowest BCUT2D eigenvalue weighted by Gasteiger charge is -2.17. The summed E-state index contributed by atoms with van der Waals surface area (Å²) < 4.78 is 31.9. The number of nitrogens with zero attached hydrogens (tertiary/aromatic N) is 1. The number of aliphatic hydroxyl groups is 1. The molecule has 0 aliphatic rings. The fourth-order valence-corrected chi connectivity index (χ4v) is 0.857. The molecular weight excluding hydrogens is 224 g/mol. The van der Waals surface area contributed by atoms with Crippen LogP contribution in [-0.2, 0) is 14.6 Å². The zero-order valence-corrected chi connectivity index (χ0v) is 10.7. The van der Waals surface area contributed by atoms with E-state index in [0.29, 0.717) is 0 Å². The second-order valence-electron chi connectivity index (χ2n) is 3.38. The number of rotatable bonds is 3. The molecule has 0 radical (unpaired) electrons. The molecule has 1 atom stereocenters. The molecule has 15 heavy (non-hydrogen) atoms. The van der Waals surface area contributed by atoms with Gasteiger partial charge in [0, 0.05) is 0 Å². The van der Waals surface area contributed by atoms with Gasteiger partial charge in [-0.2, -0.15) is 8.42 Å². The molecule has 0 aromatic rings. The average molecular weight is 246 g/mol. The fourth-order valence-electron chi connectivity index (χ4n) is 0.286. The van der Waals surface area contributed by atoms with Gasteiger partial charge >= 0.3 is 10.4 Å². The number of hydrogen-bond acceptors (Lipinski definition) is 6. The predicted octanol–water partition coefficient (Wildman–Crippen LogP) is 0.264. The first-order chi connectivity index (χ1) is 6.00. The van der Waals surface area contributed by atoms with E-state index in [2.05, 4.69) is 4.18 Å². The molecule has 0 rings (SSSR count). The summed E-state index contributed by atoms with van der Waals surface area (Å²) in [6.45, 7) is 2.66. The first-order valence-electron chi connectivity index (χ1n) is 4.01. The normalized spacial score (nSPS) is 14.7. The van der Waals surface area contributed by atoms with Crippen LogP contribution in [-0.4, -0.2) is 49.9 Å². The summed E-state index contributed by atoms with van der Waals surface area (Å²) in [5.74, 6) is -1.81. The molecule has 0 aromatic carbocycles. The second-order valence-corrected chi connectivity index (χ2v) is 4.40. The minimum Gasteiger partial charge on any atom is -0.365 e. The van der Waals surface area contributed by atoms with E-state index in [0.717, 1.165) is 6.92 Å². The van der Waals surface area contributed by atoms with Gasteiger partial charge in [0.25, 0.3) is 0 Å². The summed E-state index contributed by atoms with van der Waals surface area (Å²) >= 11 is 0. The Morgan fingerprint density at radius 2 is 1.60 bits per heavy atom. The predicted molar refractivity (Wildman–Crippen MR) is 58.2 cm³/mol. The van der Waals surface area contributed by atoms with Crippen LogP contribution in [0.1, 0.15) is 20.3 Å². The molecule has 0 bridgehead atoms. The summed E-state index contributed by atoms with van der Waals surface area (Å²) in [5, 5.41) is 8.90. The Kier molecular flexibility index (Phi) is 10.7. The molecule has 0 aromatic heterocycles. The Morgan fingerprint density at radius 3 is 1.67 bits per heavy atom. The Bertz CT molecular complexity index is 235. The van der Waals surface area contributed by atoms with Crippen LogP contribution in [0.15, 0.2) is 0 Å². The summed E-state index contributed by atoms with van der Waals surface area (Å²) in [5.41, 5.74) is 0. The minimum atomic E-state index is -4.54. The van der Waals surface area contributed by atoms with E-state index in [1.54, 1.807) is 0 Å². The van der Waals surface area contributed by atoms with Crippen molar-refractivity contribution < 1.29 is 22.3 Å². The van der Waals surface area contributed by atoms with Gasteiger partial charge in [-0.05, 0) is 34.5 Å². The van der Waals surface area contributed by atoms with Gasteiger partial charge in [0.05, 0.1) is 0 Å². The molecule has 0 amide bonds. The zero-order valence-electron chi connectivity index (χ0n) is 9.89. The standard InChI is InChI=1S/C4H10O5S.C3H9N.H3N/c1-3-4(2,5)9-10(6,7)8;1-4(2)3;/h5H,3H2,1-2H3,(H,6,7,8);1-3H3;1H3. The van der Waals surface area contributed by atoms with Crippen LogP contribution < -0.4 is 6.15 Å². The van der Waals surface area contributed by atoms with Gasteiger partial charge in [-0.1, -0.05) is 6.92 Å². The lowest BCUT2D eigenvalue weighted by Crippen LogP contribution is -2.29. The molecule has 8 heteroatoms. The van der Waals surface area contributed by atoms with Crippen molar-refractivity contribution in [3.63, 3.8) is 0 Å². The lowest BCUT2D eigenvalue weighted by atomic mass is 10.3. The van der Waals surface area contributed by atoms with Gasteiger partial charge in [-0.25, -0.2) is 4.18 Å². The summed E-state index contributed by atoms with van der Waals surface area (Å²) in [7, 11) is 1.46. The molecule has 0 heterocycles. The third kappa shape index (κ3) is 24.8. The molecule has 0 fully saturated rings. The van der Waals surface area contributed by atoms with Gasteiger partial charge in [-0.15, -0.1) is 0 Å². The van der Waals surface area contributed by atoms with Crippen molar-refractivity contribution in [1.29, 1.82) is 0 Å². The van der Waals surface area contributed by atoms with Crippen molar-refractivity contribution in [3.05, 3.63) is 0 Å². The average Bonchev–Trinajstić information content (AvgIpc) is 1.80. The van der Waals surface area contributed by atoms with Crippen LogP contribution in [0.4, 0.5) is 0 Å². The smallest absolute Gasteiger partial charge is 0.365 e. The van der Waals surface area contributed by atoms with Gasteiger partial charge in [0.15, 0.2) is 5.79 Å². The molecule has 0 aliphatic carbocycles. The maximum atomic E-state index is 9.98. The molecule has 0 aliphatic heterocycles. The first kappa shape index (κ1) is 20.2. The van der Waals surface area contributed by atoms with E-state index in [4.69, 9.17) is 9.66 Å².